The first-order valence-corrected chi connectivity index (χ1v) is 9.16. The van der Waals surface area contributed by atoms with Crippen LogP contribution in [0.15, 0.2) is 29.6 Å². The molecule has 0 spiro atoms. The van der Waals surface area contributed by atoms with Crippen molar-refractivity contribution in [1.29, 1.82) is 0 Å². The molecule has 1 aromatic carbocycles. The molecule has 1 fully saturated rings. The minimum Gasteiger partial charge on any atom is -0.342 e. The number of thiazole rings is 1. The summed E-state index contributed by atoms with van der Waals surface area (Å²) in [6.07, 6.45) is 2.43. The first-order chi connectivity index (χ1) is 11.7. The number of nitrogens with zero attached hydrogens (tertiary/aromatic N) is 2. The van der Waals surface area contributed by atoms with Crippen molar-refractivity contribution in [3.63, 3.8) is 0 Å². The van der Waals surface area contributed by atoms with E-state index < -0.39 is 0 Å². The molecule has 0 unspecified atom stereocenters. The molecule has 1 saturated heterocycles. The number of hydrogen-bond acceptors (Lipinski definition) is 4. The summed E-state index contributed by atoms with van der Waals surface area (Å²) < 4.78 is 13.3. The van der Waals surface area contributed by atoms with Crippen LogP contribution in [0.3, 0.4) is 0 Å². The number of aromatic nitrogens is 1. The topological polar surface area (TPSA) is 45.2 Å². The van der Waals surface area contributed by atoms with E-state index in [9.17, 15) is 9.18 Å². The fourth-order valence-electron chi connectivity index (χ4n) is 3.08. The van der Waals surface area contributed by atoms with Crippen LogP contribution in [0.25, 0.3) is 10.6 Å². The summed E-state index contributed by atoms with van der Waals surface area (Å²) in [5, 5.41) is 5.85. The SMILES string of the molecule is CNCC1CCN(C(=O)Cc2csc(-c3cccc(F)c3)n2)CC1.Cl.Cl. The molecule has 0 saturated carbocycles. The molecule has 2 aromatic rings. The summed E-state index contributed by atoms with van der Waals surface area (Å²) in [6, 6.07) is 6.39. The lowest BCUT2D eigenvalue weighted by molar-refractivity contribution is -0.131. The zero-order valence-electron chi connectivity index (χ0n) is 14.6. The van der Waals surface area contributed by atoms with Crippen LogP contribution < -0.4 is 5.32 Å². The van der Waals surface area contributed by atoms with Crippen LogP contribution in [0.2, 0.25) is 0 Å². The fraction of sp³-hybridized carbons (Fsp3) is 0.444. The maximum atomic E-state index is 13.3. The van der Waals surface area contributed by atoms with Crippen molar-refractivity contribution in [2.45, 2.75) is 19.3 Å². The third kappa shape index (κ3) is 5.91. The Morgan fingerprint density at radius 2 is 2.08 bits per heavy atom. The van der Waals surface area contributed by atoms with E-state index >= 15 is 0 Å². The van der Waals surface area contributed by atoms with Gasteiger partial charge in [-0.2, -0.15) is 0 Å². The molecule has 26 heavy (non-hydrogen) atoms. The maximum Gasteiger partial charge on any atom is 0.228 e. The number of piperidine rings is 1. The lowest BCUT2D eigenvalue weighted by atomic mass is 9.96. The molecule has 0 atom stereocenters. The highest BCUT2D eigenvalue weighted by atomic mass is 35.5. The predicted octanol–water partition coefficient (Wildman–Crippen LogP) is 3.79. The van der Waals surface area contributed by atoms with Crippen molar-refractivity contribution >= 4 is 42.1 Å². The molecule has 0 radical (unpaired) electrons. The molecule has 1 aromatic heterocycles. The number of likely N-dealkylation sites (tertiary alicyclic amines) is 1. The van der Waals surface area contributed by atoms with E-state index in [2.05, 4.69) is 10.3 Å². The number of halogens is 3. The van der Waals surface area contributed by atoms with Crippen molar-refractivity contribution in [3.05, 3.63) is 41.2 Å². The summed E-state index contributed by atoms with van der Waals surface area (Å²) in [5.41, 5.74) is 1.52. The van der Waals surface area contributed by atoms with E-state index in [1.807, 2.05) is 23.4 Å². The van der Waals surface area contributed by atoms with Gasteiger partial charge in [0.2, 0.25) is 5.91 Å². The molecule has 0 bridgehead atoms. The molecule has 1 aliphatic rings. The number of benzene rings is 1. The van der Waals surface area contributed by atoms with Crippen LogP contribution in [0, 0.1) is 11.7 Å². The molecule has 0 aliphatic carbocycles. The van der Waals surface area contributed by atoms with Gasteiger partial charge in [-0.15, -0.1) is 36.2 Å². The number of rotatable bonds is 5. The molecule has 1 amide bonds. The third-order valence-corrected chi connectivity index (χ3v) is 5.36. The summed E-state index contributed by atoms with van der Waals surface area (Å²) >= 11 is 1.45. The van der Waals surface area contributed by atoms with Gasteiger partial charge in [0.25, 0.3) is 0 Å². The summed E-state index contributed by atoms with van der Waals surface area (Å²) in [7, 11) is 1.97. The zero-order valence-corrected chi connectivity index (χ0v) is 17.1. The van der Waals surface area contributed by atoms with Gasteiger partial charge in [-0.3, -0.25) is 4.79 Å². The Bertz CT molecular complexity index is 705. The van der Waals surface area contributed by atoms with E-state index in [0.717, 1.165) is 48.7 Å². The van der Waals surface area contributed by atoms with Crippen LogP contribution in [-0.2, 0) is 11.2 Å². The van der Waals surface area contributed by atoms with Crippen LogP contribution in [0.1, 0.15) is 18.5 Å². The Balaban J connectivity index is 0.00000169. The van der Waals surface area contributed by atoms with E-state index in [1.54, 1.807) is 6.07 Å². The molecule has 144 valence electrons. The fourth-order valence-corrected chi connectivity index (χ4v) is 3.90. The Morgan fingerprint density at radius 3 is 2.73 bits per heavy atom. The van der Waals surface area contributed by atoms with Crippen LogP contribution in [-0.4, -0.2) is 42.5 Å². The van der Waals surface area contributed by atoms with E-state index in [1.165, 1.54) is 23.5 Å². The number of amides is 1. The first kappa shape index (κ1) is 22.8. The average Bonchev–Trinajstić information content (AvgIpc) is 3.04. The van der Waals surface area contributed by atoms with E-state index in [-0.39, 0.29) is 36.5 Å². The summed E-state index contributed by atoms with van der Waals surface area (Å²) in [6.45, 7) is 2.67. The van der Waals surface area contributed by atoms with Crippen molar-refractivity contribution in [3.8, 4) is 10.6 Å². The molecular formula is C18H24Cl2FN3OS. The zero-order chi connectivity index (χ0) is 16.9. The Morgan fingerprint density at radius 1 is 1.35 bits per heavy atom. The normalized spacial score (nSPS) is 14.5. The number of hydrogen-bond donors (Lipinski definition) is 1. The number of carbonyl (C=O) groups excluding carboxylic acids is 1. The minimum absolute atomic E-state index is 0. The minimum atomic E-state index is -0.273. The van der Waals surface area contributed by atoms with Crippen LogP contribution in [0.5, 0.6) is 0 Å². The van der Waals surface area contributed by atoms with Crippen molar-refractivity contribution in [2.24, 2.45) is 5.92 Å². The molecule has 8 heteroatoms. The highest BCUT2D eigenvalue weighted by Gasteiger charge is 2.23. The quantitative estimate of drug-likeness (QED) is 0.801. The predicted molar refractivity (Wildman–Crippen MR) is 109 cm³/mol. The van der Waals surface area contributed by atoms with Gasteiger partial charge < -0.3 is 10.2 Å². The van der Waals surface area contributed by atoms with Crippen LogP contribution >= 0.6 is 36.2 Å². The van der Waals surface area contributed by atoms with Gasteiger partial charge >= 0.3 is 0 Å². The monoisotopic (exact) mass is 419 g/mol. The number of nitrogens with one attached hydrogen (secondary N) is 1. The average molecular weight is 420 g/mol. The van der Waals surface area contributed by atoms with E-state index in [0.29, 0.717) is 12.3 Å². The second-order valence-corrected chi connectivity index (χ2v) is 7.07. The molecule has 1 N–H and O–H groups in total. The van der Waals surface area contributed by atoms with Gasteiger partial charge in [-0.1, -0.05) is 12.1 Å². The van der Waals surface area contributed by atoms with Gasteiger partial charge in [-0.05, 0) is 44.5 Å². The first-order valence-electron chi connectivity index (χ1n) is 8.28. The Kier molecular flexibility index (Phi) is 9.50. The Hall–Kier alpha value is -1.21. The van der Waals surface area contributed by atoms with Gasteiger partial charge in [0.1, 0.15) is 10.8 Å². The van der Waals surface area contributed by atoms with Gasteiger partial charge in [0, 0.05) is 24.0 Å². The Labute approximate surface area is 170 Å². The highest BCUT2D eigenvalue weighted by molar-refractivity contribution is 7.13. The van der Waals surface area contributed by atoms with Gasteiger partial charge in [-0.25, -0.2) is 9.37 Å². The standard InChI is InChI=1S/C18H22FN3OS.2ClH/c1-20-11-13-5-7-22(8-6-13)17(23)10-16-12-24-18(21-16)14-3-2-4-15(19)9-14;;/h2-4,9,12-13,20H,5-8,10-11H2,1H3;2*1H. The molecule has 3 rings (SSSR count). The lowest BCUT2D eigenvalue weighted by Crippen LogP contribution is -2.41. The molecular weight excluding hydrogens is 396 g/mol. The largest absolute Gasteiger partial charge is 0.342 e. The van der Waals surface area contributed by atoms with E-state index in [4.69, 9.17) is 0 Å². The second-order valence-electron chi connectivity index (χ2n) is 6.21. The maximum absolute atomic E-state index is 13.3. The third-order valence-electron chi connectivity index (χ3n) is 4.42. The van der Waals surface area contributed by atoms with Crippen molar-refractivity contribution < 1.29 is 9.18 Å². The second kappa shape index (κ2) is 10.8. The summed E-state index contributed by atoms with van der Waals surface area (Å²) in [5.74, 6) is 0.525. The van der Waals surface area contributed by atoms with Crippen molar-refractivity contribution in [2.75, 3.05) is 26.7 Å². The van der Waals surface area contributed by atoms with Crippen molar-refractivity contribution in [1.82, 2.24) is 15.2 Å². The van der Waals surface area contributed by atoms with Crippen LogP contribution in [0.4, 0.5) is 4.39 Å². The highest BCUT2D eigenvalue weighted by Crippen LogP contribution is 2.25. The smallest absolute Gasteiger partial charge is 0.228 e. The molecule has 2 heterocycles. The molecule has 4 nitrogen and oxygen atoms in total. The summed E-state index contributed by atoms with van der Waals surface area (Å²) in [4.78, 5) is 18.9. The van der Waals surface area contributed by atoms with Gasteiger partial charge in [0.15, 0.2) is 0 Å². The lowest BCUT2D eigenvalue weighted by Gasteiger charge is -2.31. The number of carbonyl (C=O) groups is 1. The van der Waals surface area contributed by atoms with Gasteiger partial charge in [0.05, 0.1) is 12.1 Å². The molecule has 1 aliphatic heterocycles.